The first-order valence-electron chi connectivity index (χ1n) is 28.8. The molecule has 1 amide bonds. The highest BCUT2D eigenvalue weighted by molar-refractivity contribution is 5.76. The second kappa shape index (κ2) is 53.5. The smallest absolute Gasteiger partial charge is 0.305 e. The Balaban J connectivity index is 3.34. The normalized spacial score (nSPS) is 12.5. The number of esters is 1. The highest BCUT2D eigenvalue weighted by Gasteiger charge is 2.20. The van der Waals surface area contributed by atoms with Crippen LogP contribution in [0.4, 0.5) is 0 Å². The summed E-state index contributed by atoms with van der Waals surface area (Å²) < 4.78 is 5.49. The Bertz CT molecular complexity index is 898. The van der Waals surface area contributed by atoms with Crippen LogP contribution in [0, 0.1) is 0 Å². The van der Waals surface area contributed by atoms with Crippen LogP contribution in [0.5, 0.6) is 0 Å². The third kappa shape index (κ3) is 50.1. The van der Waals surface area contributed by atoms with Crippen LogP contribution in [0.3, 0.4) is 0 Å². The quantitative estimate of drug-likeness (QED) is 0.0418. The average Bonchev–Trinajstić information content (AvgIpc) is 3.28. The molecule has 6 heteroatoms. The van der Waals surface area contributed by atoms with Crippen molar-refractivity contribution in [3.05, 3.63) is 0 Å². The van der Waals surface area contributed by atoms with Gasteiger partial charge in [-0.15, -0.1) is 0 Å². The van der Waals surface area contributed by atoms with Gasteiger partial charge < -0.3 is 20.3 Å². The molecule has 63 heavy (non-hydrogen) atoms. The zero-order valence-corrected chi connectivity index (χ0v) is 42.8. The molecule has 0 rings (SSSR count). The van der Waals surface area contributed by atoms with Crippen LogP contribution in [0.1, 0.15) is 328 Å². The van der Waals surface area contributed by atoms with Gasteiger partial charge in [-0.2, -0.15) is 0 Å². The number of nitrogens with one attached hydrogen (secondary N) is 1. The number of aliphatic hydroxyl groups is 2. The van der Waals surface area contributed by atoms with E-state index in [1.165, 1.54) is 257 Å². The summed E-state index contributed by atoms with van der Waals surface area (Å²) >= 11 is 0. The van der Waals surface area contributed by atoms with E-state index in [1.54, 1.807) is 0 Å². The van der Waals surface area contributed by atoms with E-state index in [4.69, 9.17) is 4.74 Å². The molecule has 0 bridgehead atoms. The lowest BCUT2D eigenvalue weighted by Crippen LogP contribution is -2.45. The van der Waals surface area contributed by atoms with Crippen molar-refractivity contribution < 1.29 is 24.5 Å². The monoisotopic (exact) mass is 892 g/mol. The van der Waals surface area contributed by atoms with Crippen molar-refractivity contribution in [1.29, 1.82) is 0 Å². The first-order valence-corrected chi connectivity index (χ1v) is 28.8. The molecule has 0 spiro atoms. The van der Waals surface area contributed by atoms with Gasteiger partial charge in [-0.05, 0) is 25.7 Å². The van der Waals surface area contributed by atoms with Crippen LogP contribution in [-0.2, 0) is 14.3 Å². The number of rotatable bonds is 54. The molecule has 0 aliphatic carbocycles. The van der Waals surface area contributed by atoms with Gasteiger partial charge >= 0.3 is 5.97 Å². The van der Waals surface area contributed by atoms with Crippen LogP contribution in [-0.4, -0.2) is 47.4 Å². The second-order valence-electron chi connectivity index (χ2n) is 20.0. The van der Waals surface area contributed by atoms with Gasteiger partial charge in [0.25, 0.3) is 0 Å². The molecule has 0 radical (unpaired) electrons. The lowest BCUT2D eigenvalue weighted by Gasteiger charge is -2.22. The van der Waals surface area contributed by atoms with E-state index in [0.29, 0.717) is 25.9 Å². The third-order valence-electron chi connectivity index (χ3n) is 13.7. The molecule has 3 N–H and O–H groups in total. The Hall–Kier alpha value is -1.14. The molecule has 0 aromatic carbocycles. The Morgan fingerprint density at radius 3 is 0.968 bits per heavy atom. The van der Waals surface area contributed by atoms with Gasteiger partial charge in [-0.25, -0.2) is 0 Å². The summed E-state index contributed by atoms with van der Waals surface area (Å²) in [5.41, 5.74) is 0. The lowest BCUT2D eigenvalue weighted by atomic mass is 10.0. The molecular weight excluding hydrogens is 779 g/mol. The Kier molecular flexibility index (Phi) is 52.5. The van der Waals surface area contributed by atoms with Gasteiger partial charge in [-0.1, -0.05) is 290 Å². The summed E-state index contributed by atoms with van der Waals surface area (Å²) in [5.74, 6) is -0.0241. The van der Waals surface area contributed by atoms with E-state index in [0.717, 1.165) is 38.5 Å². The molecular formula is C57H113NO5. The predicted molar refractivity (Wildman–Crippen MR) is 274 cm³/mol. The van der Waals surface area contributed by atoms with Crippen molar-refractivity contribution in [3.63, 3.8) is 0 Å². The number of unbranched alkanes of at least 4 members (excludes halogenated alkanes) is 43. The van der Waals surface area contributed by atoms with Crippen molar-refractivity contribution in [2.45, 2.75) is 341 Å². The fourth-order valence-electron chi connectivity index (χ4n) is 9.23. The molecule has 2 unspecified atom stereocenters. The molecule has 0 saturated carbocycles. The SMILES string of the molecule is CCCCCCCCCCCCCCCCCCCC(=O)OCCCCCCCCCCCCCCCCCCCCCC(=O)NC(CO)C(O)CCCCCCCCCCCC. The topological polar surface area (TPSA) is 95.9 Å². The number of carbonyl (C=O) groups excluding carboxylic acids is 2. The molecule has 0 aliphatic rings. The van der Waals surface area contributed by atoms with E-state index >= 15 is 0 Å². The van der Waals surface area contributed by atoms with Gasteiger partial charge in [0, 0.05) is 12.8 Å². The molecule has 6 nitrogen and oxygen atoms in total. The van der Waals surface area contributed by atoms with Crippen LogP contribution in [0.2, 0.25) is 0 Å². The molecule has 0 aromatic heterocycles. The van der Waals surface area contributed by atoms with Gasteiger partial charge in [0.15, 0.2) is 0 Å². The summed E-state index contributed by atoms with van der Waals surface area (Å²) in [6.45, 7) is 4.96. The van der Waals surface area contributed by atoms with Crippen LogP contribution >= 0.6 is 0 Å². The number of carbonyl (C=O) groups is 2. The average molecular weight is 893 g/mol. The first-order chi connectivity index (χ1) is 31.0. The molecule has 2 atom stereocenters. The van der Waals surface area contributed by atoms with Gasteiger partial charge in [-0.3, -0.25) is 9.59 Å². The van der Waals surface area contributed by atoms with Crippen molar-refractivity contribution in [2.75, 3.05) is 13.2 Å². The van der Waals surface area contributed by atoms with E-state index in [1.807, 2.05) is 0 Å². The van der Waals surface area contributed by atoms with Gasteiger partial charge in [0.1, 0.15) is 0 Å². The zero-order valence-electron chi connectivity index (χ0n) is 42.8. The fourth-order valence-corrected chi connectivity index (χ4v) is 9.23. The lowest BCUT2D eigenvalue weighted by molar-refractivity contribution is -0.143. The maximum absolute atomic E-state index is 12.4. The summed E-state index contributed by atoms with van der Waals surface area (Å²) in [7, 11) is 0. The minimum Gasteiger partial charge on any atom is -0.466 e. The highest BCUT2D eigenvalue weighted by atomic mass is 16.5. The summed E-state index contributed by atoms with van der Waals surface area (Å²) in [4.78, 5) is 24.5. The molecule has 0 heterocycles. The second-order valence-corrected chi connectivity index (χ2v) is 20.0. The summed E-state index contributed by atoms with van der Waals surface area (Å²) in [6.07, 6.45) is 61.0. The minimum atomic E-state index is -0.663. The first kappa shape index (κ1) is 61.9. The standard InChI is InChI=1S/C57H113NO5/c1-3-5-7-9-11-13-15-16-17-21-25-28-31-35-39-43-47-51-57(62)63-52-48-44-40-36-32-29-26-23-20-18-19-22-24-27-30-34-38-42-46-50-56(61)58-54(53-59)55(60)49-45-41-37-33-14-12-10-8-6-4-2/h54-55,59-60H,3-53H2,1-2H3,(H,58,61). The molecule has 0 aliphatic heterocycles. The number of hydrogen-bond acceptors (Lipinski definition) is 5. The zero-order chi connectivity index (χ0) is 45.8. The van der Waals surface area contributed by atoms with E-state index in [9.17, 15) is 19.8 Å². The van der Waals surface area contributed by atoms with Crippen molar-refractivity contribution in [1.82, 2.24) is 5.32 Å². The Morgan fingerprint density at radius 2 is 0.651 bits per heavy atom. The largest absolute Gasteiger partial charge is 0.466 e. The molecule has 376 valence electrons. The van der Waals surface area contributed by atoms with Crippen molar-refractivity contribution in [2.24, 2.45) is 0 Å². The Labute approximate surface area is 394 Å². The maximum atomic E-state index is 12.4. The van der Waals surface area contributed by atoms with Crippen LogP contribution in [0.25, 0.3) is 0 Å². The Morgan fingerprint density at radius 1 is 0.381 bits per heavy atom. The van der Waals surface area contributed by atoms with Crippen molar-refractivity contribution >= 4 is 11.9 Å². The fraction of sp³-hybridized carbons (Fsp3) is 0.965. The predicted octanol–water partition coefficient (Wildman–Crippen LogP) is 17.5. The number of ether oxygens (including phenoxy) is 1. The van der Waals surface area contributed by atoms with E-state index in [-0.39, 0.29) is 18.5 Å². The number of hydrogen-bond donors (Lipinski definition) is 3. The maximum Gasteiger partial charge on any atom is 0.305 e. The molecule has 0 saturated heterocycles. The number of amides is 1. The molecule has 0 fully saturated rings. The van der Waals surface area contributed by atoms with Gasteiger partial charge in [0.2, 0.25) is 5.91 Å². The van der Waals surface area contributed by atoms with E-state index in [2.05, 4.69) is 19.2 Å². The summed E-state index contributed by atoms with van der Waals surface area (Å²) in [5, 5.41) is 23.1. The minimum absolute atomic E-state index is 0.0136. The van der Waals surface area contributed by atoms with E-state index < -0.39 is 12.1 Å². The van der Waals surface area contributed by atoms with Crippen molar-refractivity contribution in [3.8, 4) is 0 Å². The van der Waals surface area contributed by atoms with Crippen LogP contribution < -0.4 is 5.32 Å². The number of aliphatic hydroxyl groups excluding tert-OH is 2. The molecule has 0 aromatic rings. The summed E-state index contributed by atoms with van der Waals surface area (Å²) in [6, 6.07) is -0.540. The van der Waals surface area contributed by atoms with Gasteiger partial charge in [0.05, 0.1) is 25.4 Å². The highest BCUT2D eigenvalue weighted by Crippen LogP contribution is 2.18. The van der Waals surface area contributed by atoms with Crippen LogP contribution in [0.15, 0.2) is 0 Å². The third-order valence-corrected chi connectivity index (χ3v) is 13.7.